The number of benzene rings is 1. The zero-order valence-corrected chi connectivity index (χ0v) is 10.5. The van der Waals surface area contributed by atoms with Crippen LogP contribution < -0.4 is 5.32 Å². The highest BCUT2D eigenvalue weighted by atomic mass is 15.4. The van der Waals surface area contributed by atoms with Gasteiger partial charge in [0.25, 0.3) is 0 Å². The van der Waals surface area contributed by atoms with Gasteiger partial charge in [-0.25, -0.2) is 4.68 Å². The second-order valence-corrected chi connectivity index (χ2v) is 4.06. The Labute approximate surface area is 110 Å². The number of hydrogen-bond acceptors (Lipinski definition) is 4. The highest BCUT2D eigenvalue weighted by Gasteiger charge is 2.05. The first kappa shape index (κ1) is 11.4. The number of anilines is 1. The second kappa shape index (κ2) is 4.89. The van der Waals surface area contributed by atoms with Crippen LogP contribution in [0.2, 0.25) is 0 Å². The van der Waals surface area contributed by atoms with Crippen molar-refractivity contribution >= 4 is 5.69 Å². The van der Waals surface area contributed by atoms with Crippen molar-refractivity contribution in [3.05, 3.63) is 54.9 Å². The third-order valence-electron chi connectivity index (χ3n) is 2.84. The predicted octanol–water partition coefficient (Wildman–Crippen LogP) is 2.37. The molecule has 3 rings (SSSR count). The monoisotopic (exact) mass is 251 g/mol. The fourth-order valence-electron chi connectivity index (χ4n) is 1.80. The molecular formula is C14H13N5. The Morgan fingerprint density at radius 3 is 2.53 bits per heavy atom. The summed E-state index contributed by atoms with van der Waals surface area (Å²) in [7, 11) is 1.89. The number of aromatic nitrogens is 4. The summed E-state index contributed by atoms with van der Waals surface area (Å²) in [5, 5.41) is 11.3. The van der Waals surface area contributed by atoms with Crippen LogP contribution in [0.25, 0.3) is 17.1 Å². The third kappa shape index (κ3) is 2.30. The number of hydrogen-bond donors (Lipinski definition) is 1. The van der Waals surface area contributed by atoms with Crippen LogP contribution in [0.4, 0.5) is 5.69 Å². The summed E-state index contributed by atoms with van der Waals surface area (Å²) in [4.78, 5) is 4.26. The molecule has 0 spiro atoms. The van der Waals surface area contributed by atoms with Crippen LogP contribution in [0.15, 0.2) is 54.9 Å². The Hall–Kier alpha value is -2.69. The molecule has 0 unspecified atom stereocenters. The molecule has 0 saturated heterocycles. The summed E-state index contributed by atoms with van der Waals surface area (Å²) in [5.41, 5.74) is 3.61. The van der Waals surface area contributed by atoms with Crippen molar-refractivity contribution in [2.75, 3.05) is 12.4 Å². The van der Waals surface area contributed by atoms with Crippen molar-refractivity contribution in [1.29, 1.82) is 0 Å². The van der Waals surface area contributed by atoms with Gasteiger partial charge < -0.3 is 5.32 Å². The summed E-state index contributed by atoms with van der Waals surface area (Å²) in [6, 6.07) is 13.7. The van der Waals surface area contributed by atoms with E-state index in [4.69, 9.17) is 0 Å². The Morgan fingerprint density at radius 2 is 1.84 bits per heavy atom. The van der Waals surface area contributed by atoms with Gasteiger partial charge in [-0.05, 0) is 36.4 Å². The minimum absolute atomic E-state index is 0.762. The zero-order valence-electron chi connectivity index (χ0n) is 10.5. The third-order valence-corrected chi connectivity index (χ3v) is 2.84. The molecule has 0 saturated carbocycles. The van der Waals surface area contributed by atoms with E-state index in [2.05, 4.69) is 20.6 Å². The summed E-state index contributed by atoms with van der Waals surface area (Å²) >= 11 is 0. The highest BCUT2D eigenvalue weighted by molar-refractivity contribution is 5.53. The van der Waals surface area contributed by atoms with Crippen molar-refractivity contribution in [2.24, 2.45) is 0 Å². The van der Waals surface area contributed by atoms with E-state index in [0.717, 1.165) is 22.8 Å². The summed E-state index contributed by atoms with van der Waals surface area (Å²) in [6.45, 7) is 0. The fraction of sp³-hybridized carbons (Fsp3) is 0.0714. The van der Waals surface area contributed by atoms with E-state index in [-0.39, 0.29) is 0 Å². The van der Waals surface area contributed by atoms with E-state index < -0.39 is 0 Å². The summed E-state index contributed by atoms with van der Waals surface area (Å²) < 4.78 is 1.74. The van der Waals surface area contributed by atoms with Gasteiger partial charge in [0.15, 0.2) is 0 Å². The van der Waals surface area contributed by atoms with Gasteiger partial charge in [0, 0.05) is 18.9 Å². The lowest BCUT2D eigenvalue weighted by molar-refractivity contribution is 0.804. The zero-order chi connectivity index (χ0) is 13.1. The number of nitrogens with one attached hydrogen (secondary N) is 1. The smallest absolute Gasteiger partial charge is 0.131 e. The Kier molecular flexibility index (Phi) is 2.94. The van der Waals surface area contributed by atoms with Crippen LogP contribution in [-0.4, -0.2) is 27.0 Å². The van der Waals surface area contributed by atoms with E-state index in [9.17, 15) is 0 Å². The molecule has 0 aliphatic carbocycles. The first-order valence-corrected chi connectivity index (χ1v) is 5.99. The minimum atomic E-state index is 0.762. The van der Waals surface area contributed by atoms with E-state index >= 15 is 0 Å². The van der Waals surface area contributed by atoms with Crippen LogP contribution in [0.3, 0.4) is 0 Å². The molecule has 0 amide bonds. The number of nitrogens with zero attached hydrogens (tertiary/aromatic N) is 4. The maximum atomic E-state index is 4.26. The first-order valence-electron chi connectivity index (χ1n) is 5.99. The Bertz CT molecular complexity index is 658. The van der Waals surface area contributed by atoms with Crippen molar-refractivity contribution in [3.63, 3.8) is 0 Å². The van der Waals surface area contributed by atoms with Gasteiger partial charge in [-0.1, -0.05) is 11.3 Å². The van der Waals surface area contributed by atoms with Crippen molar-refractivity contribution in [1.82, 2.24) is 20.0 Å². The van der Waals surface area contributed by atoms with E-state index in [0.29, 0.717) is 0 Å². The van der Waals surface area contributed by atoms with Crippen molar-refractivity contribution < 1.29 is 0 Å². The van der Waals surface area contributed by atoms with Gasteiger partial charge in [-0.15, -0.1) is 5.10 Å². The topological polar surface area (TPSA) is 55.6 Å². The van der Waals surface area contributed by atoms with Crippen molar-refractivity contribution in [2.45, 2.75) is 0 Å². The average Bonchev–Trinajstić information content (AvgIpc) is 2.98. The summed E-state index contributed by atoms with van der Waals surface area (Å²) in [5.74, 6) is 0. The molecule has 0 radical (unpaired) electrons. The largest absolute Gasteiger partial charge is 0.388 e. The first-order chi connectivity index (χ1) is 9.36. The molecule has 3 aromatic rings. The lowest BCUT2D eigenvalue weighted by atomic mass is 10.2. The van der Waals surface area contributed by atoms with Gasteiger partial charge >= 0.3 is 0 Å². The number of pyridine rings is 1. The highest BCUT2D eigenvalue weighted by Crippen LogP contribution is 2.16. The molecule has 19 heavy (non-hydrogen) atoms. The van der Waals surface area contributed by atoms with Crippen LogP contribution in [0.1, 0.15) is 0 Å². The molecule has 0 aliphatic heterocycles. The molecule has 1 N–H and O–H groups in total. The van der Waals surface area contributed by atoms with Gasteiger partial charge in [0.1, 0.15) is 5.69 Å². The maximum Gasteiger partial charge on any atom is 0.131 e. The molecule has 2 heterocycles. The summed E-state index contributed by atoms with van der Waals surface area (Å²) in [6.07, 6.45) is 3.62. The lowest BCUT2D eigenvalue weighted by Crippen LogP contribution is -1.95. The molecule has 0 fully saturated rings. The van der Waals surface area contributed by atoms with E-state index in [1.54, 1.807) is 10.9 Å². The molecule has 2 aromatic heterocycles. The minimum Gasteiger partial charge on any atom is -0.388 e. The molecule has 0 atom stereocenters. The standard InChI is InChI=1S/C14H13N5/c1-15-11-5-7-12(8-6-11)19-10-14(17-18-19)13-4-2-3-9-16-13/h2-10,15H,1H3. The molecule has 5 heteroatoms. The quantitative estimate of drug-likeness (QED) is 0.776. The predicted molar refractivity (Wildman–Crippen MR) is 74.1 cm³/mol. The SMILES string of the molecule is CNc1ccc(-n2cc(-c3ccccn3)nn2)cc1. The molecular weight excluding hydrogens is 238 g/mol. The normalized spacial score (nSPS) is 10.4. The Morgan fingerprint density at radius 1 is 1.00 bits per heavy atom. The lowest BCUT2D eigenvalue weighted by Gasteiger charge is -2.02. The van der Waals surface area contributed by atoms with Crippen LogP contribution in [0, 0.1) is 0 Å². The molecule has 5 nitrogen and oxygen atoms in total. The van der Waals surface area contributed by atoms with E-state index in [1.165, 1.54) is 0 Å². The van der Waals surface area contributed by atoms with Gasteiger partial charge in [-0.3, -0.25) is 4.98 Å². The van der Waals surface area contributed by atoms with Gasteiger partial charge in [0.2, 0.25) is 0 Å². The van der Waals surface area contributed by atoms with Gasteiger partial charge in [0.05, 0.1) is 17.6 Å². The maximum absolute atomic E-state index is 4.26. The molecule has 94 valence electrons. The van der Waals surface area contributed by atoms with E-state index in [1.807, 2.05) is 55.7 Å². The average molecular weight is 251 g/mol. The van der Waals surface area contributed by atoms with Gasteiger partial charge in [-0.2, -0.15) is 0 Å². The van der Waals surface area contributed by atoms with Crippen LogP contribution in [-0.2, 0) is 0 Å². The molecule has 1 aromatic carbocycles. The molecule has 0 bridgehead atoms. The number of rotatable bonds is 3. The fourth-order valence-corrected chi connectivity index (χ4v) is 1.80. The second-order valence-electron chi connectivity index (χ2n) is 4.06. The van der Waals surface area contributed by atoms with Crippen LogP contribution in [0.5, 0.6) is 0 Å². The Balaban J connectivity index is 1.92. The van der Waals surface area contributed by atoms with Crippen molar-refractivity contribution in [3.8, 4) is 17.1 Å². The van der Waals surface area contributed by atoms with Crippen LogP contribution >= 0.6 is 0 Å². The molecule has 0 aliphatic rings.